The molecule has 2 aromatic rings. The number of aliphatic hydroxyl groups is 1. The van der Waals surface area contributed by atoms with E-state index in [0.29, 0.717) is 5.92 Å². The van der Waals surface area contributed by atoms with Gasteiger partial charge in [0.15, 0.2) is 0 Å². The van der Waals surface area contributed by atoms with E-state index in [4.69, 9.17) is 0 Å². The zero-order valence-electron chi connectivity index (χ0n) is 9.87. The van der Waals surface area contributed by atoms with E-state index in [1.807, 2.05) is 35.1 Å². The molecule has 1 heterocycles. The predicted molar refractivity (Wildman–Crippen MR) is 66.2 cm³/mol. The van der Waals surface area contributed by atoms with Gasteiger partial charge in [0.2, 0.25) is 0 Å². The molecular formula is C14H16N2O. The second-order valence-corrected chi connectivity index (χ2v) is 4.69. The molecule has 3 heteroatoms. The second-order valence-electron chi connectivity index (χ2n) is 4.69. The van der Waals surface area contributed by atoms with Crippen LogP contribution < -0.4 is 0 Å². The highest BCUT2D eigenvalue weighted by molar-refractivity contribution is 5.41. The largest absolute Gasteiger partial charge is 0.389 e. The van der Waals surface area contributed by atoms with Gasteiger partial charge in [-0.15, -0.1) is 0 Å². The Morgan fingerprint density at radius 3 is 2.76 bits per heavy atom. The molecule has 1 unspecified atom stereocenters. The Morgan fingerprint density at radius 1 is 1.29 bits per heavy atom. The number of rotatable bonds is 3. The SMILES string of the molecule is CC(O)c1ccccc1-n1ccc(C2CC2)n1. The van der Waals surface area contributed by atoms with E-state index >= 15 is 0 Å². The topological polar surface area (TPSA) is 38.0 Å². The molecule has 0 amide bonds. The van der Waals surface area contributed by atoms with Gasteiger partial charge in [-0.2, -0.15) is 5.10 Å². The van der Waals surface area contributed by atoms with Crippen molar-refractivity contribution in [3.8, 4) is 5.69 Å². The maximum Gasteiger partial charge on any atom is 0.0782 e. The maximum absolute atomic E-state index is 9.75. The van der Waals surface area contributed by atoms with Crippen molar-refractivity contribution in [2.45, 2.75) is 31.8 Å². The van der Waals surface area contributed by atoms with Crippen LogP contribution in [0.3, 0.4) is 0 Å². The molecule has 3 nitrogen and oxygen atoms in total. The lowest BCUT2D eigenvalue weighted by Gasteiger charge is -2.11. The molecule has 1 N–H and O–H groups in total. The van der Waals surface area contributed by atoms with E-state index in [1.165, 1.54) is 18.5 Å². The molecule has 0 spiro atoms. The number of benzene rings is 1. The first kappa shape index (κ1) is 10.5. The monoisotopic (exact) mass is 228 g/mol. The fourth-order valence-electron chi connectivity index (χ4n) is 2.12. The normalized spacial score (nSPS) is 17.1. The average molecular weight is 228 g/mol. The number of nitrogens with zero attached hydrogens (tertiary/aromatic N) is 2. The minimum absolute atomic E-state index is 0.472. The molecule has 1 aromatic heterocycles. The first-order chi connectivity index (χ1) is 8.25. The zero-order valence-corrected chi connectivity index (χ0v) is 9.87. The lowest BCUT2D eigenvalue weighted by Crippen LogP contribution is -2.03. The van der Waals surface area contributed by atoms with Crippen molar-refractivity contribution in [2.75, 3.05) is 0 Å². The molecule has 88 valence electrons. The van der Waals surface area contributed by atoms with Gasteiger partial charge in [-0.25, -0.2) is 4.68 Å². The summed E-state index contributed by atoms with van der Waals surface area (Å²) in [6.07, 6.45) is 4.03. The maximum atomic E-state index is 9.75. The summed E-state index contributed by atoms with van der Waals surface area (Å²) in [5.41, 5.74) is 3.05. The van der Waals surface area contributed by atoms with E-state index in [1.54, 1.807) is 6.92 Å². The van der Waals surface area contributed by atoms with Crippen LogP contribution in [0.1, 0.15) is 43.0 Å². The Hall–Kier alpha value is -1.61. The number of para-hydroxylation sites is 1. The molecule has 1 aromatic carbocycles. The Balaban J connectivity index is 2.01. The van der Waals surface area contributed by atoms with Crippen LogP contribution in [0.2, 0.25) is 0 Å². The molecule has 1 saturated carbocycles. The molecular weight excluding hydrogens is 212 g/mol. The summed E-state index contributed by atoms with van der Waals surface area (Å²) in [7, 11) is 0. The van der Waals surface area contributed by atoms with E-state index < -0.39 is 6.10 Å². The number of hydrogen-bond acceptors (Lipinski definition) is 2. The van der Waals surface area contributed by atoms with E-state index in [0.717, 1.165) is 11.3 Å². The first-order valence-electron chi connectivity index (χ1n) is 6.08. The molecule has 0 saturated heterocycles. The van der Waals surface area contributed by atoms with Crippen molar-refractivity contribution in [3.63, 3.8) is 0 Å². The molecule has 0 aliphatic heterocycles. The van der Waals surface area contributed by atoms with Crippen LogP contribution in [0.15, 0.2) is 36.5 Å². The molecule has 1 atom stereocenters. The van der Waals surface area contributed by atoms with Gasteiger partial charge in [0, 0.05) is 17.7 Å². The Labute approximate surface area is 101 Å². The molecule has 1 aliphatic carbocycles. The Morgan fingerprint density at radius 2 is 2.06 bits per heavy atom. The molecule has 3 rings (SSSR count). The summed E-state index contributed by atoms with van der Waals surface area (Å²) in [5, 5.41) is 14.3. The van der Waals surface area contributed by atoms with Crippen molar-refractivity contribution in [3.05, 3.63) is 47.8 Å². The summed E-state index contributed by atoms with van der Waals surface area (Å²) in [6, 6.07) is 9.93. The van der Waals surface area contributed by atoms with Crippen molar-refractivity contribution >= 4 is 0 Å². The van der Waals surface area contributed by atoms with Gasteiger partial charge in [0.25, 0.3) is 0 Å². The lowest BCUT2D eigenvalue weighted by atomic mass is 10.1. The van der Waals surface area contributed by atoms with E-state index in [-0.39, 0.29) is 0 Å². The molecule has 0 bridgehead atoms. The summed E-state index contributed by atoms with van der Waals surface area (Å²) >= 11 is 0. The van der Waals surface area contributed by atoms with Gasteiger partial charge < -0.3 is 5.11 Å². The number of hydrogen-bond donors (Lipinski definition) is 1. The summed E-state index contributed by atoms with van der Waals surface area (Å²) in [5.74, 6) is 0.662. The minimum Gasteiger partial charge on any atom is -0.389 e. The van der Waals surface area contributed by atoms with E-state index in [9.17, 15) is 5.11 Å². The smallest absolute Gasteiger partial charge is 0.0782 e. The van der Waals surface area contributed by atoms with Crippen molar-refractivity contribution in [1.29, 1.82) is 0 Å². The van der Waals surface area contributed by atoms with Crippen LogP contribution in [0.25, 0.3) is 5.69 Å². The molecule has 1 fully saturated rings. The predicted octanol–water partition coefficient (Wildman–Crippen LogP) is 2.80. The molecule has 0 radical (unpaired) electrons. The van der Waals surface area contributed by atoms with Gasteiger partial charge in [-0.1, -0.05) is 18.2 Å². The van der Waals surface area contributed by atoms with Gasteiger partial charge >= 0.3 is 0 Å². The van der Waals surface area contributed by atoms with Crippen LogP contribution >= 0.6 is 0 Å². The van der Waals surface area contributed by atoms with E-state index in [2.05, 4.69) is 11.2 Å². The summed E-state index contributed by atoms with van der Waals surface area (Å²) in [6.45, 7) is 1.78. The van der Waals surface area contributed by atoms with Crippen LogP contribution in [-0.4, -0.2) is 14.9 Å². The first-order valence-corrected chi connectivity index (χ1v) is 6.08. The fourth-order valence-corrected chi connectivity index (χ4v) is 2.12. The standard InChI is InChI=1S/C14H16N2O/c1-10(17)12-4-2-3-5-14(12)16-9-8-13(15-16)11-6-7-11/h2-5,8-11,17H,6-7H2,1H3. The van der Waals surface area contributed by atoms with Gasteiger partial charge in [-0.05, 0) is 31.9 Å². The zero-order chi connectivity index (χ0) is 11.8. The number of aliphatic hydroxyl groups excluding tert-OH is 1. The average Bonchev–Trinajstić information content (AvgIpc) is 3.07. The van der Waals surface area contributed by atoms with Crippen LogP contribution in [0.4, 0.5) is 0 Å². The quantitative estimate of drug-likeness (QED) is 0.877. The lowest BCUT2D eigenvalue weighted by molar-refractivity contribution is 0.199. The Bertz CT molecular complexity index is 527. The third kappa shape index (κ3) is 1.98. The third-order valence-electron chi connectivity index (χ3n) is 3.24. The molecule has 17 heavy (non-hydrogen) atoms. The van der Waals surface area contributed by atoms with Gasteiger partial charge in [-0.3, -0.25) is 0 Å². The highest BCUT2D eigenvalue weighted by Gasteiger charge is 2.26. The van der Waals surface area contributed by atoms with Gasteiger partial charge in [0.05, 0.1) is 17.5 Å². The molecule has 1 aliphatic rings. The van der Waals surface area contributed by atoms with Crippen LogP contribution in [0.5, 0.6) is 0 Å². The third-order valence-corrected chi connectivity index (χ3v) is 3.24. The summed E-state index contributed by atoms with van der Waals surface area (Å²) in [4.78, 5) is 0. The van der Waals surface area contributed by atoms with Crippen LogP contribution in [-0.2, 0) is 0 Å². The fraction of sp³-hybridized carbons (Fsp3) is 0.357. The van der Waals surface area contributed by atoms with Crippen LogP contribution in [0, 0.1) is 0 Å². The van der Waals surface area contributed by atoms with Crippen molar-refractivity contribution in [2.24, 2.45) is 0 Å². The minimum atomic E-state index is -0.472. The highest BCUT2D eigenvalue weighted by atomic mass is 16.3. The number of aromatic nitrogens is 2. The Kier molecular flexibility index (Phi) is 2.48. The van der Waals surface area contributed by atoms with Crippen molar-refractivity contribution < 1.29 is 5.11 Å². The summed E-state index contributed by atoms with van der Waals surface area (Å²) < 4.78 is 1.87. The van der Waals surface area contributed by atoms with Crippen molar-refractivity contribution in [1.82, 2.24) is 9.78 Å². The second kappa shape index (κ2) is 4.00. The highest BCUT2D eigenvalue weighted by Crippen LogP contribution is 2.39. The van der Waals surface area contributed by atoms with Gasteiger partial charge in [0.1, 0.15) is 0 Å².